The molecule has 2 atom stereocenters. The van der Waals surface area contributed by atoms with Gasteiger partial charge >= 0.3 is 0 Å². The molecule has 21 heavy (non-hydrogen) atoms. The smallest absolute Gasteiger partial charge is 0.200 e. The lowest BCUT2D eigenvalue weighted by Gasteiger charge is -2.36. The summed E-state index contributed by atoms with van der Waals surface area (Å²) in [7, 11) is 0. The molecule has 0 spiro atoms. The van der Waals surface area contributed by atoms with Gasteiger partial charge in [0.2, 0.25) is 5.82 Å². The summed E-state index contributed by atoms with van der Waals surface area (Å²) < 4.78 is 66.8. The normalized spacial score (nSPS) is 31.7. The average molecular weight is 324 g/mol. The first-order chi connectivity index (χ1) is 9.81. The fraction of sp³-hybridized carbons (Fsp3) is 0.571. The van der Waals surface area contributed by atoms with Crippen LogP contribution in [0.15, 0.2) is 0 Å². The van der Waals surface area contributed by atoms with Crippen LogP contribution in [0.25, 0.3) is 0 Å². The number of fused-ring (bicyclic) bond motifs is 2. The van der Waals surface area contributed by atoms with Gasteiger partial charge in [0.15, 0.2) is 23.3 Å². The Labute approximate surface area is 122 Å². The van der Waals surface area contributed by atoms with Crippen LogP contribution in [-0.4, -0.2) is 21.2 Å². The summed E-state index contributed by atoms with van der Waals surface area (Å²) in [5.41, 5.74) is -2.32. The fourth-order valence-corrected chi connectivity index (χ4v) is 5.19. The van der Waals surface area contributed by atoms with Crippen molar-refractivity contribution in [2.45, 2.75) is 48.2 Å². The van der Waals surface area contributed by atoms with E-state index in [-0.39, 0.29) is 10.5 Å². The quantitative estimate of drug-likeness (QED) is 0.508. The summed E-state index contributed by atoms with van der Waals surface area (Å²) in [6.45, 7) is 0. The molecule has 2 unspecified atom stereocenters. The minimum absolute atomic E-state index is 0.190. The number of rotatable bonds is 2. The molecular weight excluding hydrogens is 311 g/mol. The van der Waals surface area contributed by atoms with E-state index in [0.29, 0.717) is 12.8 Å². The van der Waals surface area contributed by atoms with Crippen LogP contribution >= 0.6 is 11.8 Å². The fourth-order valence-electron chi connectivity index (χ4n) is 3.29. The third-order valence-electron chi connectivity index (χ3n) is 4.22. The van der Waals surface area contributed by atoms with Gasteiger partial charge in [-0.3, -0.25) is 0 Å². The van der Waals surface area contributed by atoms with Crippen LogP contribution in [-0.2, 0) is 6.42 Å². The molecule has 2 aliphatic heterocycles. The van der Waals surface area contributed by atoms with Crippen LogP contribution in [0.2, 0.25) is 0 Å². The van der Waals surface area contributed by atoms with Crippen molar-refractivity contribution in [3.05, 3.63) is 34.6 Å². The number of hydrogen-bond donors (Lipinski definition) is 1. The van der Waals surface area contributed by atoms with E-state index in [9.17, 15) is 27.1 Å². The first kappa shape index (κ1) is 15.1. The number of halogens is 5. The van der Waals surface area contributed by atoms with Crippen LogP contribution < -0.4 is 0 Å². The molecule has 1 N–H and O–H groups in total. The highest BCUT2D eigenvalue weighted by Crippen LogP contribution is 2.48. The molecule has 1 nitrogen and oxygen atoms in total. The second kappa shape index (κ2) is 5.12. The molecule has 0 radical (unpaired) electrons. The van der Waals surface area contributed by atoms with Gasteiger partial charge in [-0.2, -0.15) is 11.8 Å². The molecule has 0 saturated carbocycles. The molecule has 0 aliphatic carbocycles. The van der Waals surface area contributed by atoms with Crippen LogP contribution in [0, 0.1) is 29.1 Å². The van der Waals surface area contributed by atoms with Gasteiger partial charge in [-0.25, -0.2) is 22.0 Å². The van der Waals surface area contributed by atoms with Gasteiger partial charge in [-0.05, 0) is 25.7 Å². The zero-order valence-corrected chi connectivity index (χ0v) is 11.8. The van der Waals surface area contributed by atoms with Crippen molar-refractivity contribution in [2.75, 3.05) is 0 Å². The zero-order valence-electron chi connectivity index (χ0n) is 10.9. The molecule has 7 heteroatoms. The van der Waals surface area contributed by atoms with Crippen molar-refractivity contribution in [1.82, 2.24) is 0 Å². The minimum atomic E-state index is -2.17. The predicted molar refractivity (Wildman–Crippen MR) is 68.5 cm³/mol. The Morgan fingerprint density at radius 1 is 0.857 bits per heavy atom. The van der Waals surface area contributed by atoms with Gasteiger partial charge in [-0.15, -0.1) is 0 Å². The van der Waals surface area contributed by atoms with Crippen molar-refractivity contribution in [2.24, 2.45) is 0 Å². The maximum Gasteiger partial charge on any atom is 0.200 e. The second-order valence-electron chi connectivity index (χ2n) is 5.82. The topological polar surface area (TPSA) is 20.2 Å². The van der Waals surface area contributed by atoms with Crippen LogP contribution in [0.1, 0.15) is 31.2 Å². The van der Waals surface area contributed by atoms with Crippen LogP contribution in [0.3, 0.4) is 0 Å². The number of hydrogen-bond acceptors (Lipinski definition) is 2. The Morgan fingerprint density at radius 2 is 1.29 bits per heavy atom. The van der Waals surface area contributed by atoms with E-state index >= 15 is 0 Å². The highest BCUT2D eigenvalue weighted by molar-refractivity contribution is 8.00. The number of benzene rings is 1. The summed E-state index contributed by atoms with van der Waals surface area (Å²) in [5, 5.41) is 10.9. The maximum atomic E-state index is 13.7. The summed E-state index contributed by atoms with van der Waals surface area (Å²) in [6.07, 6.45) is 1.90. The number of aliphatic hydroxyl groups is 1. The predicted octanol–water partition coefficient (Wildman–Crippen LogP) is 3.71. The van der Waals surface area contributed by atoms with E-state index in [1.54, 1.807) is 11.8 Å². The molecule has 2 heterocycles. The summed E-state index contributed by atoms with van der Waals surface area (Å²) >= 11 is 1.73. The zero-order chi connectivity index (χ0) is 15.4. The SMILES string of the molecule is OC1(Cc2c(F)c(F)c(F)c(F)c2F)CC2CCC(C1)S2. The highest BCUT2D eigenvalue weighted by atomic mass is 32.2. The lowest BCUT2D eigenvalue weighted by atomic mass is 9.86. The van der Waals surface area contributed by atoms with Crippen molar-refractivity contribution in [1.29, 1.82) is 0 Å². The minimum Gasteiger partial charge on any atom is -0.389 e. The Hall–Kier alpha value is -0.820. The van der Waals surface area contributed by atoms with E-state index in [1.807, 2.05) is 0 Å². The molecule has 2 saturated heterocycles. The summed E-state index contributed by atoms with van der Waals surface area (Å²) in [6, 6.07) is 0. The van der Waals surface area contributed by atoms with Crippen molar-refractivity contribution >= 4 is 11.8 Å². The van der Waals surface area contributed by atoms with E-state index in [1.165, 1.54) is 0 Å². The summed E-state index contributed by atoms with van der Waals surface area (Å²) in [5.74, 6) is -9.77. The first-order valence-electron chi connectivity index (χ1n) is 6.69. The molecule has 2 fully saturated rings. The third-order valence-corrected chi connectivity index (χ3v) is 5.79. The van der Waals surface area contributed by atoms with Gasteiger partial charge in [0.05, 0.1) is 5.60 Å². The van der Waals surface area contributed by atoms with E-state index in [2.05, 4.69) is 0 Å². The first-order valence-corrected chi connectivity index (χ1v) is 7.63. The maximum absolute atomic E-state index is 13.7. The molecule has 2 aliphatic rings. The third kappa shape index (κ3) is 2.54. The molecule has 2 bridgehead atoms. The van der Waals surface area contributed by atoms with Crippen molar-refractivity contribution in [3.8, 4) is 0 Å². The van der Waals surface area contributed by atoms with Crippen molar-refractivity contribution < 1.29 is 27.1 Å². The summed E-state index contributed by atoms with van der Waals surface area (Å²) in [4.78, 5) is 0. The molecule has 1 aromatic carbocycles. The lowest BCUT2D eigenvalue weighted by Crippen LogP contribution is -2.40. The standard InChI is InChI=1S/C14H13F5OS/c15-9-8(10(16)12(18)13(19)11(9)17)5-14(20)3-6-1-2-7(4-14)21-6/h6-7,20H,1-5H2. The average Bonchev–Trinajstić information content (AvgIpc) is 2.79. The van der Waals surface area contributed by atoms with Gasteiger partial charge in [0.25, 0.3) is 0 Å². The molecule has 0 amide bonds. The molecular formula is C14H13F5OS. The van der Waals surface area contributed by atoms with Gasteiger partial charge in [0, 0.05) is 22.5 Å². The molecule has 116 valence electrons. The Balaban J connectivity index is 1.95. The van der Waals surface area contributed by atoms with Gasteiger partial charge < -0.3 is 5.11 Å². The molecule has 0 aromatic heterocycles. The van der Waals surface area contributed by atoms with E-state index in [0.717, 1.165) is 12.8 Å². The largest absolute Gasteiger partial charge is 0.389 e. The lowest BCUT2D eigenvalue weighted by molar-refractivity contribution is 0.0222. The van der Waals surface area contributed by atoms with E-state index < -0.39 is 46.7 Å². The van der Waals surface area contributed by atoms with Gasteiger partial charge in [-0.1, -0.05) is 0 Å². The van der Waals surface area contributed by atoms with Gasteiger partial charge in [0.1, 0.15) is 0 Å². The van der Waals surface area contributed by atoms with Crippen LogP contribution in [0.5, 0.6) is 0 Å². The van der Waals surface area contributed by atoms with Crippen LogP contribution in [0.4, 0.5) is 22.0 Å². The molecule has 3 rings (SSSR count). The second-order valence-corrected chi connectivity index (χ2v) is 7.42. The Morgan fingerprint density at radius 3 is 1.76 bits per heavy atom. The highest BCUT2D eigenvalue weighted by Gasteiger charge is 2.44. The Bertz CT molecular complexity index is 550. The van der Waals surface area contributed by atoms with Crippen molar-refractivity contribution in [3.63, 3.8) is 0 Å². The molecule has 1 aromatic rings. The van der Waals surface area contributed by atoms with E-state index in [4.69, 9.17) is 0 Å². The number of thioether (sulfide) groups is 1. The Kier molecular flexibility index (Phi) is 3.68. The monoisotopic (exact) mass is 324 g/mol.